The predicted molar refractivity (Wildman–Crippen MR) is 129 cm³/mol. The Morgan fingerprint density at radius 2 is 1.74 bits per heavy atom. The van der Waals surface area contributed by atoms with Crippen LogP contribution in [0.5, 0.6) is 11.5 Å². The van der Waals surface area contributed by atoms with E-state index >= 15 is 0 Å². The average Bonchev–Trinajstić information content (AvgIpc) is 2.88. The molecule has 0 saturated carbocycles. The molecule has 2 unspecified atom stereocenters. The first-order valence-electron chi connectivity index (χ1n) is 12.0. The number of para-hydroxylation sites is 1. The molecule has 8 heteroatoms. The van der Waals surface area contributed by atoms with Crippen LogP contribution in [-0.4, -0.2) is 111 Å². The number of methoxy groups -OCH3 is 1. The van der Waals surface area contributed by atoms with Crippen LogP contribution in [0.15, 0.2) is 54.6 Å². The van der Waals surface area contributed by atoms with Gasteiger partial charge in [-0.2, -0.15) is 0 Å². The molecule has 2 aromatic carbocycles. The molecule has 34 heavy (non-hydrogen) atoms. The molecule has 184 valence electrons. The molecule has 0 spiro atoms. The van der Waals surface area contributed by atoms with Gasteiger partial charge in [0.1, 0.15) is 24.2 Å². The van der Waals surface area contributed by atoms with Gasteiger partial charge in [0.25, 0.3) is 5.91 Å². The van der Waals surface area contributed by atoms with Crippen LogP contribution in [-0.2, 0) is 4.74 Å². The third kappa shape index (κ3) is 6.93. The van der Waals surface area contributed by atoms with E-state index < -0.39 is 6.10 Å². The first-order valence-corrected chi connectivity index (χ1v) is 12.0. The number of carbonyl (C=O) groups is 1. The maximum absolute atomic E-state index is 12.8. The summed E-state index contributed by atoms with van der Waals surface area (Å²) in [6.07, 6.45) is -0.453. The number of piperazine rings is 1. The highest BCUT2D eigenvalue weighted by Gasteiger charge is 2.27. The van der Waals surface area contributed by atoms with Gasteiger partial charge in [-0.25, -0.2) is 0 Å². The molecule has 0 bridgehead atoms. The van der Waals surface area contributed by atoms with Crippen molar-refractivity contribution in [2.24, 2.45) is 0 Å². The summed E-state index contributed by atoms with van der Waals surface area (Å²) in [7, 11) is 1.62. The standard InChI is InChI=1S/C26H35N3O5/c1-32-23-9-7-21(8-10-23)26(31)29-13-11-27(12-14-29)18-25-19-28(15-16-33-25)17-22(30)20-34-24-5-3-2-4-6-24/h2-10,22,25,30H,11-20H2,1H3. The van der Waals surface area contributed by atoms with Crippen molar-refractivity contribution in [2.75, 3.05) is 72.7 Å². The minimum atomic E-state index is -0.550. The van der Waals surface area contributed by atoms with Gasteiger partial charge in [-0.05, 0) is 36.4 Å². The van der Waals surface area contributed by atoms with E-state index in [1.54, 1.807) is 7.11 Å². The van der Waals surface area contributed by atoms with Crippen LogP contribution in [0, 0.1) is 0 Å². The summed E-state index contributed by atoms with van der Waals surface area (Å²) in [5.41, 5.74) is 0.690. The number of amides is 1. The summed E-state index contributed by atoms with van der Waals surface area (Å²) in [6.45, 7) is 6.99. The SMILES string of the molecule is COc1ccc(C(=O)N2CCN(CC3CN(CC(O)COc4ccccc4)CCO3)CC2)cc1. The Bertz CT molecular complexity index is 887. The lowest BCUT2D eigenvalue weighted by Gasteiger charge is -2.39. The number of benzene rings is 2. The maximum Gasteiger partial charge on any atom is 0.253 e. The Hall–Kier alpha value is -2.65. The number of carbonyl (C=O) groups excluding carboxylic acids is 1. The molecule has 1 amide bonds. The maximum atomic E-state index is 12.8. The second-order valence-corrected chi connectivity index (χ2v) is 8.85. The first-order chi connectivity index (χ1) is 16.6. The molecule has 2 heterocycles. The normalized spacial score (nSPS) is 20.6. The van der Waals surface area contributed by atoms with E-state index in [1.165, 1.54) is 0 Å². The smallest absolute Gasteiger partial charge is 0.253 e. The van der Waals surface area contributed by atoms with Crippen molar-refractivity contribution in [1.29, 1.82) is 0 Å². The van der Waals surface area contributed by atoms with Crippen LogP contribution in [0.2, 0.25) is 0 Å². The van der Waals surface area contributed by atoms with Crippen molar-refractivity contribution < 1.29 is 24.1 Å². The highest BCUT2D eigenvalue weighted by molar-refractivity contribution is 5.94. The van der Waals surface area contributed by atoms with E-state index in [-0.39, 0.29) is 18.6 Å². The number of aliphatic hydroxyl groups is 1. The van der Waals surface area contributed by atoms with Gasteiger partial charge in [-0.15, -0.1) is 0 Å². The molecule has 4 rings (SSSR count). The highest BCUT2D eigenvalue weighted by atomic mass is 16.5. The molecule has 0 aliphatic carbocycles. The van der Waals surface area contributed by atoms with Crippen LogP contribution in [0.4, 0.5) is 0 Å². The zero-order chi connectivity index (χ0) is 23.8. The molecule has 2 aliphatic heterocycles. The number of ether oxygens (including phenoxy) is 3. The Labute approximate surface area is 201 Å². The van der Waals surface area contributed by atoms with Crippen molar-refractivity contribution in [1.82, 2.24) is 14.7 Å². The third-order valence-corrected chi connectivity index (χ3v) is 6.34. The van der Waals surface area contributed by atoms with Gasteiger partial charge in [0.2, 0.25) is 0 Å². The quantitative estimate of drug-likeness (QED) is 0.598. The second kappa shape index (κ2) is 12.2. The molecule has 2 fully saturated rings. The van der Waals surface area contributed by atoms with Crippen LogP contribution >= 0.6 is 0 Å². The molecule has 2 saturated heterocycles. The average molecular weight is 470 g/mol. The number of hydrogen-bond donors (Lipinski definition) is 1. The van der Waals surface area contributed by atoms with Gasteiger partial charge in [0.15, 0.2) is 0 Å². The van der Waals surface area contributed by atoms with Crippen LogP contribution < -0.4 is 9.47 Å². The summed E-state index contributed by atoms with van der Waals surface area (Å²) in [5.74, 6) is 1.58. The number of β-amino-alcohol motifs (C(OH)–C–C–N with tert-alkyl or cyclic N) is 1. The monoisotopic (exact) mass is 469 g/mol. The Morgan fingerprint density at radius 3 is 2.44 bits per heavy atom. The Kier molecular flexibility index (Phi) is 8.76. The Morgan fingerprint density at radius 1 is 1.00 bits per heavy atom. The fourth-order valence-electron chi connectivity index (χ4n) is 4.45. The summed E-state index contributed by atoms with van der Waals surface area (Å²) in [4.78, 5) is 19.3. The molecule has 2 atom stereocenters. The molecule has 0 radical (unpaired) electrons. The number of rotatable bonds is 9. The van der Waals surface area contributed by atoms with Gasteiger partial charge in [0, 0.05) is 57.9 Å². The van der Waals surface area contributed by atoms with E-state index in [9.17, 15) is 9.90 Å². The summed E-state index contributed by atoms with van der Waals surface area (Å²) in [6, 6.07) is 16.8. The van der Waals surface area contributed by atoms with Gasteiger partial charge in [-0.3, -0.25) is 14.6 Å². The number of hydrogen-bond acceptors (Lipinski definition) is 7. The van der Waals surface area contributed by atoms with Crippen molar-refractivity contribution in [2.45, 2.75) is 12.2 Å². The topological polar surface area (TPSA) is 74.7 Å². The molecular weight excluding hydrogens is 434 g/mol. The van der Waals surface area contributed by atoms with E-state index in [0.29, 0.717) is 31.8 Å². The minimum absolute atomic E-state index is 0.0640. The molecular formula is C26H35N3O5. The van der Waals surface area contributed by atoms with Crippen molar-refractivity contribution in [3.63, 3.8) is 0 Å². The lowest BCUT2D eigenvalue weighted by atomic mass is 10.1. The van der Waals surface area contributed by atoms with Gasteiger partial charge in [-0.1, -0.05) is 18.2 Å². The fourth-order valence-corrected chi connectivity index (χ4v) is 4.45. The summed E-state index contributed by atoms with van der Waals surface area (Å²) in [5, 5.41) is 10.4. The van der Waals surface area contributed by atoms with Gasteiger partial charge >= 0.3 is 0 Å². The van der Waals surface area contributed by atoms with Crippen molar-refractivity contribution in [3.05, 3.63) is 60.2 Å². The number of nitrogens with zero attached hydrogens (tertiary/aromatic N) is 3. The van der Waals surface area contributed by atoms with Gasteiger partial charge in [0.05, 0.1) is 19.8 Å². The van der Waals surface area contributed by atoms with E-state index in [4.69, 9.17) is 14.2 Å². The van der Waals surface area contributed by atoms with Crippen molar-refractivity contribution in [3.8, 4) is 11.5 Å². The largest absolute Gasteiger partial charge is 0.497 e. The molecule has 2 aromatic rings. The molecule has 8 nitrogen and oxygen atoms in total. The number of morpholine rings is 1. The van der Waals surface area contributed by atoms with Crippen LogP contribution in [0.25, 0.3) is 0 Å². The Balaban J connectivity index is 1.17. The number of aliphatic hydroxyl groups excluding tert-OH is 1. The zero-order valence-corrected chi connectivity index (χ0v) is 19.8. The highest BCUT2D eigenvalue weighted by Crippen LogP contribution is 2.16. The second-order valence-electron chi connectivity index (χ2n) is 8.85. The fraction of sp³-hybridized carbons (Fsp3) is 0.500. The van der Waals surface area contributed by atoms with E-state index in [0.717, 1.165) is 44.2 Å². The third-order valence-electron chi connectivity index (χ3n) is 6.34. The summed E-state index contributed by atoms with van der Waals surface area (Å²) < 4.78 is 16.8. The molecule has 0 aromatic heterocycles. The minimum Gasteiger partial charge on any atom is -0.497 e. The lowest BCUT2D eigenvalue weighted by molar-refractivity contribution is -0.0591. The first kappa shape index (κ1) is 24.5. The van der Waals surface area contributed by atoms with Crippen LogP contribution in [0.1, 0.15) is 10.4 Å². The zero-order valence-electron chi connectivity index (χ0n) is 19.8. The van der Waals surface area contributed by atoms with Crippen LogP contribution in [0.3, 0.4) is 0 Å². The summed E-state index contributed by atoms with van der Waals surface area (Å²) >= 11 is 0. The van der Waals surface area contributed by atoms with Gasteiger partial charge < -0.3 is 24.2 Å². The van der Waals surface area contributed by atoms with E-state index in [1.807, 2.05) is 59.5 Å². The lowest BCUT2D eigenvalue weighted by Crippen LogP contribution is -2.54. The molecule has 2 aliphatic rings. The molecule has 1 N–H and O–H groups in total. The predicted octanol–water partition coefficient (Wildman–Crippen LogP) is 1.59. The van der Waals surface area contributed by atoms with E-state index in [2.05, 4.69) is 9.80 Å². The van der Waals surface area contributed by atoms with Crippen molar-refractivity contribution >= 4 is 5.91 Å².